The Morgan fingerprint density at radius 1 is 1.22 bits per heavy atom. The Hall–Kier alpha value is -1.15. The summed E-state index contributed by atoms with van der Waals surface area (Å²) in [5, 5.41) is 9.15. The standard InChI is InChI=1S/C13H12F3NS/c1-18-12-6-11(13(14,15)16)9-5-3-2-4-8(9)10(12)7-17/h6H,2-5H2,1H3. The van der Waals surface area contributed by atoms with Crippen LogP contribution in [0.5, 0.6) is 0 Å². The minimum absolute atomic E-state index is 0.336. The summed E-state index contributed by atoms with van der Waals surface area (Å²) in [6, 6.07) is 3.20. The van der Waals surface area contributed by atoms with Gasteiger partial charge in [-0.05, 0) is 49.1 Å². The van der Waals surface area contributed by atoms with E-state index in [-0.39, 0.29) is 0 Å². The smallest absolute Gasteiger partial charge is 0.192 e. The molecule has 0 spiro atoms. The highest BCUT2D eigenvalue weighted by Crippen LogP contribution is 2.40. The highest BCUT2D eigenvalue weighted by atomic mass is 32.2. The van der Waals surface area contributed by atoms with Crippen LogP contribution in [0, 0.1) is 11.3 Å². The van der Waals surface area contributed by atoms with Crippen LogP contribution in [0.25, 0.3) is 0 Å². The summed E-state index contributed by atoms with van der Waals surface area (Å²) in [5.41, 5.74) is 0.830. The van der Waals surface area contributed by atoms with Crippen molar-refractivity contribution in [2.75, 3.05) is 6.26 Å². The zero-order valence-electron chi connectivity index (χ0n) is 9.90. The van der Waals surface area contributed by atoms with Crippen LogP contribution < -0.4 is 0 Å². The van der Waals surface area contributed by atoms with Crippen LogP contribution in [0.3, 0.4) is 0 Å². The fraction of sp³-hybridized carbons (Fsp3) is 0.462. The SMILES string of the molecule is CSc1cc(C(F)(F)F)c2c(c1C#N)CCCC2. The number of fused-ring (bicyclic) bond motifs is 1. The van der Waals surface area contributed by atoms with E-state index in [1.54, 1.807) is 6.26 Å². The Bertz CT molecular complexity index is 514. The first kappa shape index (κ1) is 13.3. The largest absolute Gasteiger partial charge is 0.416 e. The number of thioether (sulfide) groups is 1. The first-order valence-electron chi connectivity index (χ1n) is 5.69. The lowest BCUT2D eigenvalue weighted by molar-refractivity contribution is -0.138. The second-order valence-electron chi connectivity index (χ2n) is 4.28. The summed E-state index contributed by atoms with van der Waals surface area (Å²) in [5.74, 6) is 0. The third kappa shape index (κ3) is 2.22. The Morgan fingerprint density at radius 3 is 2.33 bits per heavy atom. The highest BCUT2D eigenvalue weighted by molar-refractivity contribution is 7.98. The maximum Gasteiger partial charge on any atom is 0.416 e. The minimum Gasteiger partial charge on any atom is -0.192 e. The van der Waals surface area contributed by atoms with E-state index >= 15 is 0 Å². The number of halogens is 3. The van der Waals surface area contributed by atoms with Crippen molar-refractivity contribution in [2.24, 2.45) is 0 Å². The van der Waals surface area contributed by atoms with E-state index in [2.05, 4.69) is 6.07 Å². The molecule has 0 saturated carbocycles. The summed E-state index contributed by atoms with van der Waals surface area (Å²) in [6.45, 7) is 0. The lowest BCUT2D eigenvalue weighted by atomic mass is 9.85. The summed E-state index contributed by atoms with van der Waals surface area (Å²) < 4.78 is 39.1. The van der Waals surface area contributed by atoms with Crippen LogP contribution in [0.15, 0.2) is 11.0 Å². The molecule has 0 unspecified atom stereocenters. The Morgan fingerprint density at radius 2 is 1.83 bits per heavy atom. The molecule has 1 aliphatic rings. The van der Waals surface area contributed by atoms with Crippen molar-refractivity contribution in [1.82, 2.24) is 0 Å². The molecule has 0 bridgehead atoms. The highest BCUT2D eigenvalue weighted by Gasteiger charge is 2.36. The van der Waals surface area contributed by atoms with Crippen LogP contribution in [-0.4, -0.2) is 6.26 Å². The molecular weight excluding hydrogens is 259 g/mol. The van der Waals surface area contributed by atoms with Crippen LogP contribution in [0.4, 0.5) is 13.2 Å². The molecule has 0 aliphatic heterocycles. The molecule has 0 atom stereocenters. The van der Waals surface area contributed by atoms with Crippen LogP contribution in [-0.2, 0) is 19.0 Å². The number of nitriles is 1. The molecule has 2 rings (SSSR count). The van der Waals surface area contributed by atoms with Gasteiger partial charge in [-0.15, -0.1) is 11.8 Å². The molecule has 1 aromatic rings. The quantitative estimate of drug-likeness (QED) is 0.715. The lowest BCUT2D eigenvalue weighted by Gasteiger charge is -2.23. The van der Waals surface area contributed by atoms with Gasteiger partial charge in [0.25, 0.3) is 0 Å². The van der Waals surface area contributed by atoms with Crippen LogP contribution in [0.1, 0.15) is 35.1 Å². The van der Waals surface area contributed by atoms with Gasteiger partial charge in [0.15, 0.2) is 0 Å². The Labute approximate surface area is 108 Å². The number of alkyl halides is 3. The average molecular weight is 271 g/mol. The monoisotopic (exact) mass is 271 g/mol. The fourth-order valence-electron chi connectivity index (χ4n) is 2.45. The maximum absolute atomic E-state index is 13.0. The van der Waals surface area contributed by atoms with Crippen molar-refractivity contribution in [3.8, 4) is 6.07 Å². The molecule has 0 saturated heterocycles. The van der Waals surface area contributed by atoms with E-state index in [9.17, 15) is 13.2 Å². The van der Waals surface area contributed by atoms with E-state index in [4.69, 9.17) is 5.26 Å². The molecule has 0 amide bonds. The molecule has 18 heavy (non-hydrogen) atoms. The predicted molar refractivity (Wildman–Crippen MR) is 64.6 cm³/mol. The molecule has 0 N–H and O–H groups in total. The molecule has 0 radical (unpaired) electrons. The topological polar surface area (TPSA) is 23.8 Å². The van der Waals surface area contributed by atoms with Crippen LogP contribution in [0.2, 0.25) is 0 Å². The first-order chi connectivity index (χ1) is 8.49. The molecule has 5 heteroatoms. The van der Waals surface area contributed by atoms with Gasteiger partial charge in [0.2, 0.25) is 0 Å². The third-order valence-corrected chi connectivity index (χ3v) is 4.02. The van der Waals surface area contributed by atoms with Crippen molar-refractivity contribution in [1.29, 1.82) is 5.26 Å². The van der Waals surface area contributed by atoms with Gasteiger partial charge in [-0.1, -0.05) is 0 Å². The lowest BCUT2D eigenvalue weighted by Crippen LogP contribution is -2.16. The molecule has 0 fully saturated rings. The van der Waals surface area contributed by atoms with Gasteiger partial charge in [-0.3, -0.25) is 0 Å². The van der Waals surface area contributed by atoms with E-state index in [1.807, 2.05) is 0 Å². The normalized spacial score (nSPS) is 15.1. The van der Waals surface area contributed by atoms with Gasteiger partial charge < -0.3 is 0 Å². The van der Waals surface area contributed by atoms with Crippen molar-refractivity contribution in [3.05, 3.63) is 28.3 Å². The number of rotatable bonds is 1. The van der Waals surface area contributed by atoms with E-state index in [0.717, 1.165) is 18.9 Å². The predicted octanol–water partition coefficient (Wildman–Crippen LogP) is 4.18. The van der Waals surface area contributed by atoms with Gasteiger partial charge in [-0.25, -0.2) is 0 Å². The second kappa shape index (κ2) is 4.85. The van der Waals surface area contributed by atoms with E-state index in [0.29, 0.717) is 34.4 Å². The number of benzene rings is 1. The van der Waals surface area contributed by atoms with Crippen molar-refractivity contribution < 1.29 is 13.2 Å². The Kier molecular flexibility index (Phi) is 3.58. The van der Waals surface area contributed by atoms with E-state index in [1.165, 1.54) is 11.8 Å². The molecule has 0 aromatic heterocycles. The summed E-state index contributed by atoms with van der Waals surface area (Å²) in [7, 11) is 0. The van der Waals surface area contributed by atoms with Gasteiger partial charge in [-0.2, -0.15) is 18.4 Å². The molecule has 1 aromatic carbocycles. The molecule has 96 valence electrons. The number of hydrogen-bond acceptors (Lipinski definition) is 2. The fourth-order valence-corrected chi connectivity index (χ4v) is 3.06. The summed E-state index contributed by atoms with van der Waals surface area (Å²) in [4.78, 5) is 0.436. The summed E-state index contributed by atoms with van der Waals surface area (Å²) in [6.07, 6.45) is -0.00889. The number of hydrogen-bond donors (Lipinski definition) is 0. The maximum atomic E-state index is 13.0. The van der Waals surface area contributed by atoms with Gasteiger partial charge in [0.1, 0.15) is 6.07 Å². The van der Waals surface area contributed by atoms with Crippen molar-refractivity contribution >= 4 is 11.8 Å². The van der Waals surface area contributed by atoms with Crippen molar-refractivity contribution in [2.45, 2.75) is 36.8 Å². The first-order valence-corrected chi connectivity index (χ1v) is 6.91. The zero-order chi connectivity index (χ0) is 13.3. The van der Waals surface area contributed by atoms with Crippen molar-refractivity contribution in [3.63, 3.8) is 0 Å². The third-order valence-electron chi connectivity index (χ3n) is 3.25. The Balaban J connectivity index is 2.74. The molecular formula is C13H12F3NS. The van der Waals surface area contributed by atoms with Gasteiger partial charge in [0, 0.05) is 4.90 Å². The van der Waals surface area contributed by atoms with Crippen LogP contribution >= 0.6 is 11.8 Å². The molecule has 1 aliphatic carbocycles. The second-order valence-corrected chi connectivity index (χ2v) is 5.12. The zero-order valence-corrected chi connectivity index (χ0v) is 10.7. The number of nitrogens with zero attached hydrogens (tertiary/aromatic N) is 1. The van der Waals surface area contributed by atoms with Gasteiger partial charge >= 0.3 is 6.18 Å². The van der Waals surface area contributed by atoms with Gasteiger partial charge in [0.05, 0.1) is 11.1 Å². The summed E-state index contributed by atoms with van der Waals surface area (Å²) >= 11 is 1.20. The van der Waals surface area contributed by atoms with E-state index < -0.39 is 11.7 Å². The molecule has 0 heterocycles. The average Bonchev–Trinajstić information content (AvgIpc) is 2.35. The minimum atomic E-state index is -4.33. The molecule has 1 nitrogen and oxygen atoms in total.